The molecule has 0 bridgehead atoms. The normalized spacial score (nSPS) is 11.6. The van der Waals surface area contributed by atoms with E-state index in [2.05, 4.69) is 20.8 Å². The van der Waals surface area contributed by atoms with Gasteiger partial charge < -0.3 is 5.02 Å². The minimum atomic E-state index is -0.157. The second-order valence-electron chi connectivity index (χ2n) is 3.61. The van der Waals surface area contributed by atoms with Gasteiger partial charge in [-0.15, -0.1) is 0 Å². The van der Waals surface area contributed by atoms with Gasteiger partial charge in [-0.05, 0) is 11.7 Å². The summed E-state index contributed by atoms with van der Waals surface area (Å²) in [5.41, 5.74) is 0.272. The first-order valence-electron chi connectivity index (χ1n) is 3.10. The second-order valence-corrected chi connectivity index (χ2v) is 3.61. The van der Waals surface area contributed by atoms with E-state index in [1.165, 1.54) is 0 Å². The molecule has 0 aliphatic carbocycles. The maximum atomic E-state index is 8.89. The fraction of sp³-hybridized carbons (Fsp3) is 1.00. The van der Waals surface area contributed by atoms with Crippen molar-refractivity contribution in [2.45, 2.75) is 33.9 Å². The second kappa shape index (κ2) is 2.54. The molecule has 2 heteroatoms. The molecule has 0 unspecified atom stereocenters. The Balaban J connectivity index is 3.39. The number of hydrogen-bond acceptors (Lipinski definition) is 1. The summed E-state index contributed by atoms with van der Waals surface area (Å²) in [5, 5.41) is 8.89. The van der Waals surface area contributed by atoms with Gasteiger partial charge in [-0.3, -0.25) is 0 Å². The molecule has 0 amide bonds. The Morgan fingerprint density at radius 3 is 1.75 bits per heavy atom. The van der Waals surface area contributed by atoms with Crippen LogP contribution in [0.2, 0.25) is 13.1 Å². The maximum absolute atomic E-state index is 8.89. The molecule has 1 nitrogen and oxygen atoms in total. The monoisotopic (exact) mass is 114 g/mol. The minimum absolute atomic E-state index is 0.157. The van der Waals surface area contributed by atoms with E-state index >= 15 is 0 Å². The summed E-state index contributed by atoms with van der Waals surface area (Å²) in [5.74, 6) is 0. The lowest BCUT2D eigenvalue weighted by atomic mass is 9.60. The summed E-state index contributed by atoms with van der Waals surface area (Å²) < 4.78 is 0. The number of hydrogen-bond donors (Lipinski definition) is 1. The molecule has 0 aromatic heterocycles. The first-order valence-corrected chi connectivity index (χ1v) is 3.10. The highest BCUT2D eigenvalue weighted by Gasteiger charge is 2.15. The van der Waals surface area contributed by atoms with Gasteiger partial charge in [0.05, 0.1) is 0 Å². The Hall–Kier alpha value is 0.0249. The molecular weight excluding hydrogens is 98.9 g/mol. The van der Waals surface area contributed by atoms with Gasteiger partial charge in [0.15, 0.2) is 0 Å². The zero-order valence-electron chi connectivity index (χ0n) is 6.23. The lowest BCUT2D eigenvalue weighted by molar-refractivity contribution is 0.436. The van der Waals surface area contributed by atoms with Crippen molar-refractivity contribution in [2.75, 3.05) is 0 Å². The first kappa shape index (κ1) is 8.02. The largest absolute Gasteiger partial charge is 0.451 e. The molecule has 0 atom stereocenters. The minimum Gasteiger partial charge on any atom is -0.451 e. The van der Waals surface area contributed by atoms with Crippen molar-refractivity contribution < 1.29 is 5.02 Å². The standard InChI is InChI=1S/C6H15BO/c1-6(2,3)5-7(4)8/h8H,5H2,1-4H3. The highest BCUT2D eigenvalue weighted by Crippen LogP contribution is 2.20. The molecule has 1 N–H and O–H groups in total. The van der Waals surface area contributed by atoms with Crippen LogP contribution < -0.4 is 0 Å². The molecule has 48 valence electrons. The third-order valence-electron chi connectivity index (χ3n) is 0.908. The molecule has 0 aromatic carbocycles. The van der Waals surface area contributed by atoms with Crippen LogP contribution in [0.25, 0.3) is 0 Å². The predicted molar refractivity (Wildman–Crippen MR) is 38.1 cm³/mol. The third kappa shape index (κ3) is 6.02. The van der Waals surface area contributed by atoms with E-state index in [0.29, 0.717) is 0 Å². The van der Waals surface area contributed by atoms with Crippen LogP contribution in [-0.2, 0) is 0 Å². The topological polar surface area (TPSA) is 20.2 Å². The summed E-state index contributed by atoms with van der Waals surface area (Å²) in [7, 11) is 0. The molecule has 0 fully saturated rings. The van der Waals surface area contributed by atoms with E-state index in [1.807, 2.05) is 6.82 Å². The lowest BCUT2D eigenvalue weighted by Gasteiger charge is -2.17. The first-order chi connectivity index (χ1) is 3.42. The summed E-state index contributed by atoms with van der Waals surface area (Å²) in [6.07, 6.45) is 0.882. The van der Waals surface area contributed by atoms with Crippen LogP contribution >= 0.6 is 0 Å². The summed E-state index contributed by atoms with van der Waals surface area (Å²) in [4.78, 5) is 0. The van der Waals surface area contributed by atoms with Crippen LogP contribution in [-0.4, -0.2) is 11.9 Å². The molecule has 8 heavy (non-hydrogen) atoms. The maximum Gasteiger partial charge on any atom is 0.286 e. The summed E-state index contributed by atoms with van der Waals surface area (Å²) in [6, 6.07) is 0. The van der Waals surface area contributed by atoms with Crippen LogP contribution in [0.4, 0.5) is 0 Å². The van der Waals surface area contributed by atoms with Crippen molar-refractivity contribution in [3.05, 3.63) is 0 Å². The van der Waals surface area contributed by atoms with Gasteiger partial charge in [0, 0.05) is 0 Å². The molecule has 0 aliphatic rings. The molecule has 0 heterocycles. The van der Waals surface area contributed by atoms with Gasteiger partial charge in [-0.25, -0.2) is 0 Å². The van der Waals surface area contributed by atoms with Crippen LogP contribution in [0.1, 0.15) is 20.8 Å². The predicted octanol–water partition coefficient (Wildman–Crippen LogP) is 1.65. The van der Waals surface area contributed by atoms with Crippen molar-refractivity contribution >= 4 is 6.92 Å². The number of rotatable bonds is 1. The molecule has 0 spiro atoms. The average molecular weight is 114 g/mol. The van der Waals surface area contributed by atoms with E-state index < -0.39 is 0 Å². The van der Waals surface area contributed by atoms with Crippen LogP contribution in [0, 0.1) is 5.41 Å². The van der Waals surface area contributed by atoms with Crippen molar-refractivity contribution in [1.29, 1.82) is 0 Å². The summed E-state index contributed by atoms with van der Waals surface area (Å²) in [6.45, 7) is 8.04. The Bertz CT molecular complexity index is 63.4. The smallest absolute Gasteiger partial charge is 0.286 e. The molecule has 0 radical (unpaired) electrons. The fourth-order valence-corrected chi connectivity index (χ4v) is 0.886. The van der Waals surface area contributed by atoms with Crippen LogP contribution in [0.15, 0.2) is 0 Å². The van der Waals surface area contributed by atoms with Gasteiger partial charge in [0.25, 0.3) is 6.92 Å². The van der Waals surface area contributed by atoms with Gasteiger partial charge in [-0.2, -0.15) is 0 Å². The van der Waals surface area contributed by atoms with Crippen LogP contribution in [0.3, 0.4) is 0 Å². The zero-order valence-corrected chi connectivity index (χ0v) is 6.23. The van der Waals surface area contributed by atoms with Gasteiger partial charge in [-0.1, -0.05) is 27.6 Å². The van der Waals surface area contributed by atoms with Crippen molar-refractivity contribution in [3.8, 4) is 0 Å². The quantitative estimate of drug-likeness (QED) is 0.513. The van der Waals surface area contributed by atoms with E-state index in [1.54, 1.807) is 0 Å². The van der Waals surface area contributed by atoms with E-state index in [-0.39, 0.29) is 12.3 Å². The summed E-state index contributed by atoms with van der Waals surface area (Å²) >= 11 is 0. The highest BCUT2D eigenvalue weighted by atomic mass is 16.2. The molecule has 0 saturated carbocycles. The fourth-order valence-electron chi connectivity index (χ4n) is 0.886. The van der Waals surface area contributed by atoms with Crippen molar-refractivity contribution in [1.82, 2.24) is 0 Å². The van der Waals surface area contributed by atoms with Crippen molar-refractivity contribution in [2.24, 2.45) is 5.41 Å². The third-order valence-corrected chi connectivity index (χ3v) is 0.908. The molecule has 0 rings (SSSR count). The molecule has 0 aliphatic heterocycles. The van der Waals surface area contributed by atoms with Crippen LogP contribution in [0.5, 0.6) is 0 Å². The van der Waals surface area contributed by atoms with Crippen molar-refractivity contribution in [3.63, 3.8) is 0 Å². The van der Waals surface area contributed by atoms with Gasteiger partial charge in [0.2, 0.25) is 0 Å². The molecular formula is C6H15BO. The van der Waals surface area contributed by atoms with E-state index in [0.717, 1.165) is 6.32 Å². The molecule has 0 saturated heterocycles. The Morgan fingerprint density at radius 1 is 1.38 bits per heavy atom. The Kier molecular flexibility index (Phi) is 2.55. The highest BCUT2D eigenvalue weighted by molar-refractivity contribution is 6.48. The van der Waals surface area contributed by atoms with Gasteiger partial charge >= 0.3 is 0 Å². The Morgan fingerprint density at radius 2 is 1.75 bits per heavy atom. The van der Waals surface area contributed by atoms with Gasteiger partial charge in [0.1, 0.15) is 0 Å². The SMILES string of the molecule is CB(O)CC(C)(C)C. The van der Waals surface area contributed by atoms with E-state index in [9.17, 15) is 0 Å². The zero-order chi connectivity index (χ0) is 6.78. The Labute approximate surface area is 52.2 Å². The average Bonchev–Trinajstić information content (AvgIpc) is 1.21. The van der Waals surface area contributed by atoms with E-state index in [4.69, 9.17) is 5.02 Å². The molecule has 0 aromatic rings. The lowest BCUT2D eigenvalue weighted by Crippen LogP contribution is -2.16.